The molecule has 2 fully saturated rings. The standard InChI is InChI=1S/C25H29FN4O2/c1-16-15-29(10-11-30(16)22(31)9-12-32-3)25-21(14-27)17(2)23(24(28-25)18-7-8-18)19-5-4-6-20(26)13-19/h4-6,13,16,18H,7-12,15H2,1-3H3. The average Bonchev–Trinajstić information content (AvgIpc) is 3.62. The number of piperazine rings is 1. The number of hydrogen-bond acceptors (Lipinski definition) is 5. The van der Waals surface area contributed by atoms with E-state index in [9.17, 15) is 14.4 Å². The predicted molar refractivity (Wildman–Crippen MR) is 121 cm³/mol. The van der Waals surface area contributed by atoms with Gasteiger partial charge in [-0.15, -0.1) is 0 Å². The van der Waals surface area contributed by atoms with E-state index in [2.05, 4.69) is 11.0 Å². The van der Waals surface area contributed by atoms with E-state index in [0.717, 1.165) is 35.2 Å². The number of benzene rings is 1. The summed E-state index contributed by atoms with van der Waals surface area (Å²) >= 11 is 0. The highest BCUT2D eigenvalue weighted by Gasteiger charge is 2.34. The molecule has 1 amide bonds. The van der Waals surface area contributed by atoms with Gasteiger partial charge in [-0.3, -0.25) is 4.79 Å². The van der Waals surface area contributed by atoms with Gasteiger partial charge in [0, 0.05) is 44.3 Å². The molecule has 1 saturated carbocycles. The fourth-order valence-corrected chi connectivity index (χ4v) is 4.59. The fourth-order valence-electron chi connectivity index (χ4n) is 4.59. The number of amides is 1. The number of anilines is 1. The third-order valence-electron chi connectivity index (χ3n) is 6.41. The largest absolute Gasteiger partial charge is 0.384 e. The summed E-state index contributed by atoms with van der Waals surface area (Å²) in [7, 11) is 1.59. The van der Waals surface area contributed by atoms with Gasteiger partial charge in [0.25, 0.3) is 0 Å². The van der Waals surface area contributed by atoms with Crippen molar-refractivity contribution in [1.82, 2.24) is 9.88 Å². The van der Waals surface area contributed by atoms with Gasteiger partial charge in [-0.1, -0.05) is 12.1 Å². The van der Waals surface area contributed by atoms with Gasteiger partial charge in [-0.05, 0) is 49.9 Å². The normalized spacial score (nSPS) is 18.5. The zero-order valence-corrected chi connectivity index (χ0v) is 18.9. The number of aromatic nitrogens is 1. The first-order valence-corrected chi connectivity index (χ1v) is 11.2. The summed E-state index contributed by atoms with van der Waals surface area (Å²) in [5.74, 6) is 0.814. The number of hydrogen-bond donors (Lipinski definition) is 0. The second kappa shape index (κ2) is 9.25. The number of ether oxygens (including phenoxy) is 1. The van der Waals surface area contributed by atoms with Crippen LogP contribution in [0.2, 0.25) is 0 Å². The lowest BCUT2D eigenvalue weighted by Crippen LogP contribution is -2.54. The van der Waals surface area contributed by atoms with Crippen LogP contribution in [0.1, 0.15) is 48.9 Å². The second-order valence-electron chi connectivity index (χ2n) is 8.72. The van der Waals surface area contributed by atoms with E-state index in [1.165, 1.54) is 12.1 Å². The quantitative estimate of drug-likeness (QED) is 0.684. The van der Waals surface area contributed by atoms with Crippen LogP contribution in [0, 0.1) is 24.1 Å². The van der Waals surface area contributed by atoms with Gasteiger partial charge < -0.3 is 14.5 Å². The summed E-state index contributed by atoms with van der Waals surface area (Å²) in [5.41, 5.74) is 3.97. The molecule has 32 heavy (non-hydrogen) atoms. The van der Waals surface area contributed by atoms with Gasteiger partial charge in [0.2, 0.25) is 5.91 Å². The molecule has 1 aromatic carbocycles. The molecule has 6 nitrogen and oxygen atoms in total. The summed E-state index contributed by atoms with van der Waals surface area (Å²) in [4.78, 5) is 21.5. The molecule has 4 rings (SSSR count). The lowest BCUT2D eigenvalue weighted by Gasteiger charge is -2.41. The second-order valence-corrected chi connectivity index (χ2v) is 8.72. The van der Waals surface area contributed by atoms with Crippen LogP contribution in [0.3, 0.4) is 0 Å². The third kappa shape index (κ3) is 4.33. The Bertz CT molecular complexity index is 1060. The van der Waals surface area contributed by atoms with Crippen LogP contribution in [0.5, 0.6) is 0 Å². The molecular weight excluding hydrogens is 407 g/mol. The van der Waals surface area contributed by atoms with Gasteiger partial charge >= 0.3 is 0 Å². The molecule has 2 heterocycles. The summed E-state index contributed by atoms with van der Waals surface area (Å²) in [5, 5.41) is 10.0. The molecule has 168 valence electrons. The van der Waals surface area contributed by atoms with Crippen molar-refractivity contribution in [2.45, 2.75) is 45.1 Å². The van der Waals surface area contributed by atoms with E-state index in [4.69, 9.17) is 9.72 Å². The van der Waals surface area contributed by atoms with Crippen LogP contribution in [-0.4, -0.2) is 55.2 Å². The lowest BCUT2D eigenvalue weighted by molar-refractivity contribution is -0.134. The minimum atomic E-state index is -0.297. The molecule has 0 N–H and O–H groups in total. The van der Waals surface area contributed by atoms with Crippen LogP contribution in [0.15, 0.2) is 24.3 Å². The number of pyridine rings is 1. The van der Waals surface area contributed by atoms with Gasteiger partial charge in [-0.2, -0.15) is 5.26 Å². The number of carbonyl (C=O) groups is 1. The maximum atomic E-state index is 14.0. The van der Waals surface area contributed by atoms with E-state index in [0.29, 0.717) is 50.0 Å². The van der Waals surface area contributed by atoms with Gasteiger partial charge in [0.15, 0.2) is 0 Å². The maximum absolute atomic E-state index is 14.0. The Morgan fingerprint density at radius 3 is 2.75 bits per heavy atom. The Kier molecular flexibility index (Phi) is 6.43. The molecular formula is C25H29FN4O2. The number of halogens is 1. The number of methoxy groups -OCH3 is 1. The summed E-state index contributed by atoms with van der Waals surface area (Å²) in [6, 6.07) is 8.89. The molecule has 1 unspecified atom stereocenters. The highest BCUT2D eigenvalue weighted by Crippen LogP contribution is 2.46. The Morgan fingerprint density at radius 2 is 2.12 bits per heavy atom. The summed E-state index contributed by atoms with van der Waals surface area (Å²) in [6.45, 7) is 6.19. The monoisotopic (exact) mass is 436 g/mol. The highest BCUT2D eigenvalue weighted by atomic mass is 19.1. The van der Waals surface area contributed by atoms with Crippen molar-refractivity contribution < 1.29 is 13.9 Å². The Hall–Kier alpha value is -2.98. The van der Waals surface area contributed by atoms with Crippen LogP contribution in [0.25, 0.3) is 11.1 Å². The van der Waals surface area contributed by atoms with E-state index in [1.807, 2.05) is 24.8 Å². The van der Waals surface area contributed by atoms with Crippen molar-refractivity contribution in [2.75, 3.05) is 38.3 Å². The molecule has 0 radical (unpaired) electrons. The molecule has 0 bridgehead atoms. The average molecular weight is 437 g/mol. The first-order chi connectivity index (χ1) is 15.4. The van der Waals surface area contributed by atoms with Crippen molar-refractivity contribution >= 4 is 11.7 Å². The summed E-state index contributed by atoms with van der Waals surface area (Å²) in [6.07, 6.45) is 2.48. The van der Waals surface area contributed by atoms with Crippen molar-refractivity contribution in [3.63, 3.8) is 0 Å². The van der Waals surface area contributed by atoms with Crippen LogP contribution < -0.4 is 4.90 Å². The Morgan fingerprint density at radius 1 is 1.34 bits per heavy atom. The SMILES string of the molecule is COCCC(=O)N1CCN(c2nc(C3CC3)c(-c3cccc(F)c3)c(C)c2C#N)CC1C. The number of nitriles is 1. The topological polar surface area (TPSA) is 69.5 Å². The molecule has 1 atom stereocenters. The molecule has 1 saturated heterocycles. The number of nitrogens with zero attached hydrogens (tertiary/aromatic N) is 4. The minimum Gasteiger partial charge on any atom is -0.384 e. The third-order valence-corrected chi connectivity index (χ3v) is 6.41. The molecule has 7 heteroatoms. The fraction of sp³-hybridized carbons (Fsp3) is 0.480. The van der Waals surface area contributed by atoms with Crippen LogP contribution in [-0.2, 0) is 9.53 Å². The predicted octanol–water partition coefficient (Wildman–Crippen LogP) is 4.02. The van der Waals surface area contributed by atoms with E-state index in [-0.39, 0.29) is 17.8 Å². The van der Waals surface area contributed by atoms with Crippen molar-refractivity contribution in [1.29, 1.82) is 5.26 Å². The van der Waals surface area contributed by atoms with Gasteiger partial charge in [0.05, 0.1) is 24.3 Å². The van der Waals surface area contributed by atoms with Crippen molar-refractivity contribution in [2.24, 2.45) is 0 Å². The van der Waals surface area contributed by atoms with E-state index < -0.39 is 0 Å². The molecule has 1 aliphatic heterocycles. The van der Waals surface area contributed by atoms with E-state index in [1.54, 1.807) is 13.2 Å². The Balaban J connectivity index is 1.69. The molecule has 1 aliphatic carbocycles. The maximum Gasteiger partial charge on any atom is 0.225 e. The zero-order chi connectivity index (χ0) is 22.8. The zero-order valence-electron chi connectivity index (χ0n) is 18.9. The molecule has 2 aliphatic rings. The van der Waals surface area contributed by atoms with Crippen LogP contribution >= 0.6 is 0 Å². The summed E-state index contributed by atoms with van der Waals surface area (Å²) < 4.78 is 19.0. The molecule has 2 aromatic rings. The van der Waals surface area contributed by atoms with Crippen LogP contribution in [0.4, 0.5) is 10.2 Å². The molecule has 0 spiro atoms. The lowest BCUT2D eigenvalue weighted by atomic mass is 9.93. The number of rotatable bonds is 6. The smallest absolute Gasteiger partial charge is 0.225 e. The van der Waals surface area contributed by atoms with Gasteiger partial charge in [-0.25, -0.2) is 9.37 Å². The highest BCUT2D eigenvalue weighted by molar-refractivity contribution is 5.78. The minimum absolute atomic E-state index is 0.00836. The first kappa shape index (κ1) is 22.2. The van der Waals surface area contributed by atoms with Crippen molar-refractivity contribution in [3.8, 4) is 17.2 Å². The first-order valence-electron chi connectivity index (χ1n) is 11.2. The van der Waals surface area contributed by atoms with Gasteiger partial charge in [0.1, 0.15) is 17.7 Å². The number of carbonyl (C=O) groups excluding carboxylic acids is 1. The molecule has 1 aromatic heterocycles. The van der Waals surface area contributed by atoms with E-state index >= 15 is 0 Å². The Labute approximate surface area is 188 Å². The van der Waals surface area contributed by atoms with Crippen molar-refractivity contribution in [3.05, 3.63) is 46.9 Å².